The normalized spacial score (nSPS) is 16.3. The van der Waals surface area contributed by atoms with Crippen molar-refractivity contribution in [3.63, 3.8) is 0 Å². The molecule has 0 radical (unpaired) electrons. The summed E-state index contributed by atoms with van der Waals surface area (Å²) in [4.78, 5) is 21.5. The van der Waals surface area contributed by atoms with Crippen LogP contribution in [0.15, 0.2) is 74.0 Å². The Labute approximate surface area is 154 Å². The third-order valence-corrected chi connectivity index (χ3v) is 4.10. The van der Waals surface area contributed by atoms with Crippen LogP contribution in [-0.4, -0.2) is 19.0 Å². The number of guanidine groups is 2. The zero-order valence-corrected chi connectivity index (χ0v) is 14.5. The number of hydrogen-bond acceptors (Lipinski definition) is 8. The molecule has 0 spiro atoms. The smallest absolute Gasteiger partial charge is 0.205 e. The molecule has 4 rings (SSSR count). The number of ether oxygens (including phenoxy) is 1. The minimum atomic E-state index is -0.815. The van der Waals surface area contributed by atoms with Crippen LogP contribution in [0.4, 0.5) is 5.69 Å². The molecule has 0 fully saturated rings. The van der Waals surface area contributed by atoms with Gasteiger partial charge >= 0.3 is 0 Å². The number of fused-ring (bicyclic) bond motifs is 1. The van der Waals surface area contributed by atoms with Crippen LogP contribution in [0.25, 0.3) is 11.0 Å². The summed E-state index contributed by atoms with van der Waals surface area (Å²) in [5.74, 6) is 1.13. The highest BCUT2D eigenvalue weighted by molar-refractivity contribution is 6.06. The van der Waals surface area contributed by atoms with Gasteiger partial charge in [0, 0.05) is 0 Å². The first-order valence-electron chi connectivity index (χ1n) is 8.24. The van der Waals surface area contributed by atoms with E-state index in [2.05, 4.69) is 20.6 Å². The van der Waals surface area contributed by atoms with Gasteiger partial charge in [-0.25, -0.2) is 9.98 Å². The highest BCUT2D eigenvalue weighted by Crippen LogP contribution is 2.25. The molecule has 27 heavy (non-hydrogen) atoms. The minimum absolute atomic E-state index is 0.139. The van der Waals surface area contributed by atoms with Crippen LogP contribution in [0, 0.1) is 0 Å². The van der Waals surface area contributed by atoms with Crippen molar-refractivity contribution in [1.29, 1.82) is 0 Å². The number of aliphatic imine (C=N–C) groups is 2. The lowest BCUT2D eigenvalue weighted by molar-refractivity contribution is 0.417. The van der Waals surface area contributed by atoms with Crippen LogP contribution >= 0.6 is 0 Å². The second-order valence-electron chi connectivity index (χ2n) is 5.83. The summed E-state index contributed by atoms with van der Waals surface area (Å²) >= 11 is 0. The predicted molar refractivity (Wildman–Crippen MR) is 104 cm³/mol. The Morgan fingerprint density at radius 3 is 2.78 bits per heavy atom. The van der Waals surface area contributed by atoms with Crippen molar-refractivity contribution >= 4 is 28.6 Å². The van der Waals surface area contributed by atoms with Crippen molar-refractivity contribution in [3.05, 3.63) is 70.6 Å². The fourth-order valence-corrected chi connectivity index (χ4v) is 2.82. The van der Waals surface area contributed by atoms with E-state index in [4.69, 9.17) is 14.9 Å². The van der Waals surface area contributed by atoms with Crippen molar-refractivity contribution in [2.45, 2.75) is 6.17 Å². The molecule has 1 aromatic heterocycles. The van der Waals surface area contributed by atoms with Gasteiger partial charge in [0.2, 0.25) is 5.96 Å². The van der Waals surface area contributed by atoms with Crippen LogP contribution in [0.5, 0.6) is 5.75 Å². The van der Waals surface area contributed by atoms with E-state index in [-0.39, 0.29) is 11.4 Å². The maximum atomic E-state index is 12.8. The Morgan fingerprint density at radius 1 is 1.15 bits per heavy atom. The van der Waals surface area contributed by atoms with E-state index in [1.807, 2.05) is 24.3 Å². The lowest BCUT2D eigenvalue weighted by atomic mass is 10.1. The summed E-state index contributed by atoms with van der Waals surface area (Å²) in [6.07, 6.45) is 0.561. The van der Waals surface area contributed by atoms with Crippen LogP contribution in [0.3, 0.4) is 0 Å². The van der Waals surface area contributed by atoms with E-state index < -0.39 is 6.17 Å². The minimum Gasteiger partial charge on any atom is -0.495 e. The Morgan fingerprint density at radius 2 is 1.93 bits per heavy atom. The van der Waals surface area contributed by atoms with Gasteiger partial charge in [0.25, 0.3) is 0 Å². The molecule has 0 unspecified atom stereocenters. The highest BCUT2D eigenvalue weighted by atomic mass is 16.5. The van der Waals surface area contributed by atoms with Crippen LogP contribution in [0.1, 0.15) is 11.7 Å². The van der Waals surface area contributed by atoms with Gasteiger partial charge in [0.05, 0.1) is 23.7 Å². The lowest BCUT2D eigenvalue weighted by Gasteiger charge is -2.20. The van der Waals surface area contributed by atoms with E-state index in [1.54, 1.807) is 31.4 Å². The number of anilines is 1. The van der Waals surface area contributed by atoms with Crippen molar-refractivity contribution < 1.29 is 9.15 Å². The molecule has 0 saturated carbocycles. The molecular weight excluding hydrogens is 346 g/mol. The summed E-state index contributed by atoms with van der Waals surface area (Å²) in [6, 6.07) is 14.4. The number of benzene rings is 2. The Balaban J connectivity index is 1.72. The van der Waals surface area contributed by atoms with Crippen LogP contribution in [-0.2, 0) is 0 Å². The molecule has 0 amide bonds. The van der Waals surface area contributed by atoms with Gasteiger partial charge < -0.3 is 20.2 Å². The Bertz CT molecular complexity index is 1120. The Kier molecular flexibility index (Phi) is 4.21. The molecule has 1 aliphatic rings. The van der Waals surface area contributed by atoms with Crippen molar-refractivity contribution in [3.8, 4) is 5.75 Å². The SMILES string of the molecule is COc1ccccc1NC1=N[C@H](c2coc3ccccc3c2=O)N=C(N)N1. The first-order chi connectivity index (χ1) is 13.2. The van der Waals surface area contributed by atoms with Crippen LogP contribution < -0.4 is 26.5 Å². The molecular formula is C19H17N5O3. The second-order valence-corrected chi connectivity index (χ2v) is 5.83. The molecule has 0 aliphatic carbocycles. The number of hydrogen-bond donors (Lipinski definition) is 3. The van der Waals surface area contributed by atoms with Gasteiger partial charge in [-0.2, -0.15) is 0 Å². The van der Waals surface area contributed by atoms with Crippen LogP contribution in [0.2, 0.25) is 0 Å². The van der Waals surface area contributed by atoms with Crippen molar-refractivity contribution in [2.24, 2.45) is 15.7 Å². The summed E-state index contributed by atoms with van der Waals surface area (Å²) in [5, 5.41) is 6.43. The highest BCUT2D eigenvalue weighted by Gasteiger charge is 2.22. The van der Waals surface area contributed by atoms with E-state index >= 15 is 0 Å². The predicted octanol–water partition coefficient (Wildman–Crippen LogP) is 2.19. The maximum absolute atomic E-state index is 12.8. The standard InChI is InChI=1S/C19H17N5O3/c1-26-15-9-5-3-7-13(15)21-19-23-17(22-18(20)24-19)12-10-27-14-8-4-2-6-11(14)16(12)25/h2-10,17H,1H3,(H4,20,21,22,23,24)/t17-/m1/s1. The van der Waals surface area contributed by atoms with Crippen molar-refractivity contribution in [2.75, 3.05) is 12.4 Å². The average molecular weight is 363 g/mol. The monoisotopic (exact) mass is 363 g/mol. The van der Waals surface area contributed by atoms with E-state index in [0.29, 0.717) is 33.9 Å². The van der Waals surface area contributed by atoms with Crippen molar-refractivity contribution in [1.82, 2.24) is 5.32 Å². The Hall–Kier alpha value is -3.81. The number of nitrogens with one attached hydrogen (secondary N) is 2. The average Bonchev–Trinajstić information content (AvgIpc) is 2.68. The zero-order chi connectivity index (χ0) is 18.8. The number of nitrogens with two attached hydrogens (primary N) is 1. The first-order valence-corrected chi connectivity index (χ1v) is 8.24. The van der Waals surface area contributed by atoms with Gasteiger partial charge in [-0.1, -0.05) is 24.3 Å². The molecule has 2 aromatic carbocycles. The summed E-state index contributed by atoms with van der Waals surface area (Å²) in [6.45, 7) is 0. The quantitative estimate of drug-likeness (QED) is 0.657. The van der Waals surface area contributed by atoms with Gasteiger partial charge in [0.15, 0.2) is 17.6 Å². The van der Waals surface area contributed by atoms with Gasteiger partial charge in [-0.15, -0.1) is 0 Å². The summed E-state index contributed by atoms with van der Waals surface area (Å²) in [5.41, 5.74) is 7.21. The number of rotatable bonds is 3. The molecule has 8 heteroatoms. The van der Waals surface area contributed by atoms with Gasteiger partial charge in [-0.3, -0.25) is 10.1 Å². The third-order valence-electron chi connectivity index (χ3n) is 4.10. The molecule has 0 bridgehead atoms. The van der Waals surface area contributed by atoms with Gasteiger partial charge in [0.1, 0.15) is 17.6 Å². The molecule has 0 saturated heterocycles. The lowest BCUT2D eigenvalue weighted by Crippen LogP contribution is -2.44. The third kappa shape index (κ3) is 3.20. The first kappa shape index (κ1) is 16.6. The topological polar surface area (TPSA) is 114 Å². The molecule has 4 N–H and O–H groups in total. The van der Waals surface area contributed by atoms with E-state index in [1.165, 1.54) is 6.26 Å². The molecule has 8 nitrogen and oxygen atoms in total. The number of para-hydroxylation sites is 3. The molecule has 1 aliphatic heterocycles. The largest absolute Gasteiger partial charge is 0.495 e. The molecule has 3 aromatic rings. The number of nitrogens with zero attached hydrogens (tertiary/aromatic N) is 2. The number of methoxy groups -OCH3 is 1. The fourth-order valence-electron chi connectivity index (χ4n) is 2.82. The van der Waals surface area contributed by atoms with E-state index in [0.717, 1.165) is 0 Å². The fraction of sp³-hybridized carbons (Fsp3) is 0.105. The molecule has 136 valence electrons. The van der Waals surface area contributed by atoms with Gasteiger partial charge in [-0.05, 0) is 24.3 Å². The summed E-state index contributed by atoms with van der Waals surface area (Å²) in [7, 11) is 1.58. The second kappa shape index (κ2) is 6.83. The maximum Gasteiger partial charge on any atom is 0.205 e. The molecule has 2 heterocycles. The molecule has 1 atom stereocenters. The summed E-state index contributed by atoms with van der Waals surface area (Å²) < 4.78 is 10.9. The zero-order valence-electron chi connectivity index (χ0n) is 14.5. The van der Waals surface area contributed by atoms with E-state index in [9.17, 15) is 4.79 Å².